The van der Waals surface area contributed by atoms with Crippen molar-refractivity contribution in [2.45, 2.75) is 6.42 Å². The zero-order valence-electron chi connectivity index (χ0n) is 8.68. The van der Waals surface area contributed by atoms with Gasteiger partial charge in [-0.2, -0.15) is 5.06 Å². The molecule has 0 saturated carbocycles. The molecule has 0 aromatic heterocycles. The Bertz CT molecular complexity index is 391. The highest BCUT2D eigenvalue weighted by molar-refractivity contribution is 5.90. The predicted molar refractivity (Wildman–Crippen MR) is 56.2 cm³/mol. The molecule has 2 rings (SSSR count). The Morgan fingerprint density at radius 1 is 1.31 bits per heavy atom. The number of amides is 1. The number of carbonyl (C=O) groups is 2. The lowest BCUT2D eigenvalue weighted by Gasteiger charge is -2.25. The van der Waals surface area contributed by atoms with Gasteiger partial charge >= 0.3 is 5.97 Å². The van der Waals surface area contributed by atoms with Gasteiger partial charge in [-0.3, -0.25) is 10.1 Å². The van der Waals surface area contributed by atoms with Crippen LogP contribution in [0, 0.1) is 0 Å². The lowest BCUT2D eigenvalue weighted by atomic mass is 10.2. The van der Waals surface area contributed by atoms with Gasteiger partial charge in [-0.1, -0.05) is 18.2 Å². The summed E-state index contributed by atoms with van der Waals surface area (Å²) in [4.78, 5) is 28.0. The van der Waals surface area contributed by atoms with Gasteiger partial charge in [0.2, 0.25) is 0 Å². The van der Waals surface area contributed by atoms with Crippen LogP contribution >= 0.6 is 0 Å². The van der Waals surface area contributed by atoms with Gasteiger partial charge in [-0.05, 0) is 12.1 Å². The number of nitrogens with one attached hydrogen (secondary N) is 1. The molecule has 0 aliphatic carbocycles. The summed E-state index contributed by atoms with van der Waals surface area (Å²) >= 11 is 0. The second kappa shape index (κ2) is 4.76. The van der Waals surface area contributed by atoms with Crippen LogP contribution in [0.1, 0.15) is 16.8 Å². The summed E-state index contributed by atoms with van der Waals surface area (Å²) in [6.07, 6.45) is 0.349. The Balaban J connectivity index is 1.99. The fraction of sp³-hybridized carbons (Fsp3) is 0.273. The summed E-state index contributed by atoms with van der Waals surface area (Å²) in [6, 6.07) is 8.58. The molecule has 0 spiro atoms. The van der Waals surface area contributed by atoms with E-state index in [1.54, 1.807) is 24.3 Å². The minimum absolute atomic E-state index is 0.178. The molecule has 16 heavy (non-hydrogen) atoms. The van der Waals surface area contributed by atoms with Crippen LogP contribution in [0.4, 0.5) is 0 Å². The molecule has 1 aliphatic rings. The third kappa shape index (κ3) is 2.38. The quantitative estimate of drug-likeness (QED) is 0.790. The number of carbonyl (C=O) groups excluding carboxylic acids is 2. The largest absolute Gasteiger partial charge is 0.363 e. The number of nitrogens with zero attached hydrogens (tertiary/aromatic N) is 1. The van der Waals surface area contributed by atoms with Crippen molar-refractivity contribution in [1.82, 2.24) is 10.4 Å². The molecule has 5 heteroatoms. The molecule has 0 radical (unpaired) electrons. The molecule has 1 heterocycles. The Kier molecular flexibility index (Phi) is 3.16. The SMILES string of the molecule is O=C(ON1CNCCC1=O)c1ccccc1. The standard InChI is InChI=1S/C11H12N2O3/c14-10-6-7-12-8-13(10)16-11(15)9-4-2-1-3-5-9/h1-5,12H,6-8H2. The maximum absolute atomic E-state index is 11.6. The second-order valence-electron chi connectivity index (χ2n) is 3.43. The van der Waals surface area contributed by atoms with Gasteiger partial charge in [0.15, 0.2) is 0 Å². The highest BCUT2D eigenvalue weighted by Crippen LogP contribution is 2.05. The third-order valence-electron chi connectivity index (χ3n) is 2.25. The Labute approximate surface area is 93.0 Å². The molecule has 0 atom stereocenters. The fourth-order valence-electron chi connectivity index (χ4n) is 1.40. The summed E-state index contributed by atoms with van der Waals surface area (Å²) in [5.74, 6) is -0.694. The van der Waals surface area contributed by atoms with Crippen molar-refractivity contribution in [2.24, 2.45) is 0 Å². The van der Waals surface area contributed by atoms with Gasteiger partial charge < -0.3 is 4.84 Å². The minimum atomic E-state index is -0.516. The lowest BCUT2D eigenvalue weighted by Crippen LogP contribution is -2.46. The predicted octanol–water partition coefficient (Wildman–Crippen LogP) is 0.538. The van der Waals surface area contributed by atoms with Crippen molar-refractivity contribution >= 4 is 11.9 Å². The van der Waals surface area contributed by atoms with Crippen molar-refractivity contribution < 1.29 is 14.4 Å². The first-order chi connectivity index (χ1) is 7.77. The Hall–Kier alpha value is -1.88. The van der Waals surface area contributed by atoms with Gasteiger partial charge in [0, 0.05) is 13.0 Å². The van der Waals surface area contributed by atoms with Crippen LogP contribution in [0.25, 0.3) is 0 Å². The average Bonchev–Trinajstić information content (AvgIpc) is 2.33. The van der Waals surface area contributed by atoms with E-state index in [1.165, 1.54) is 0 Å². The molecule has 0 bridgehead atoms. The first-order valence-corrected chi connectivity index (χ1v) is 5.06. The van der Waals surface area contributed by atoms with E-state index in [-0.39, 0.29) is 12.6 Å². The molecule has 1 aromatic rings. The fourth-order valence-corrected chi connectivity index (χ4v) is 1.40. The zero-order valence-corrected chi connectivity index (χ0v) is 8.68. The normalized spacial score (nSPS) is 16.0. The first kappa shape index (κ1) is 10.6. The summed E-state index contributed by atoms with van der Waals surface area (Å²) < 4.78 is 0. The van der Waals surface area contributed by atoms with Crippen LogP contribution in [-0.4, -0.2) is 30.2 Å². The minimum Gasteiger partial charge on any atom is -0.331 e. The number of hydrogen-bond donors (Lipinski definition) is 1. The van der Waals surface area contributed by atoms with Crippen molar-refractivity contribution in [2.75, 3.05) is 13.2 Å². The van der Waals surface area contributed by atoms with Gasteiger partial charge in [0.25, 0.3) is 5.91 Å². The zero-order chi connectivity index (χ0) is 11.4. The van der Waals surface area contributed by atoms with Gasteiger partial charge in [-0.25, -0.2) is 4.79 Å². The smallest absolute Gasteiger partial charge is 0.331 e. The Morgan fingerprint density at radius 3 is 2.75 bits per heavy atom. The molecule has 1 aromatic carbocycles. The summed E-state index contributed by atoms with van der Waals surface area (Å²) in [6.45, 7) is 0.871. The van der Waals surface area contributed by atoms with Crippen LogP contribution in [0.2, 0.25) is 0 Å². The van der Waals surface area contributed by atoms with E-state index in [2.05, 4.69) is 5.32 Å². The average molecular weight is 220 g/mol. The molecule has 1 fully saturated rings. The third-order valence-corrected chi connectivity index (χ3v) is 2.25. The number of rotatable bonds is 2. The molecule has 1 N–H and O–H groups in total. The second-order valence-corrected chi connectivity index (χ2v) is 3.43. The van der Waals surface area contributed by atoms with Crippen LogP contribution in [0.15, 0.2) is 30.3 Å². The van der Waals surface area contributed by atoms with Crippen LogP contribution in [0.3, 0.4) is 0 Å². The van der Waals surface area contributed by atoms with E-state index < -0.39 is 5.97 Å². The molecule has 1 saturated heterocycles. The van der Waals surface area contributed by atoms with E-state index in [0.717, 1.165) is 5.06 Å². The van der Waals surface area contributed by atoms with Crippen LogP contribution in [0.5, 0.6) is 0 Å². The summed E-state index contributed by atoms with van der Waals surface area (Å²) in [5.41, 5.74) is 0.431. The topological polar surface area (TPSA) is 58.6 Å². The van der Waals surface area contributed by atoms with Crippen molar-refractivity contribution in [3.8, 4) is 0 Å². The molecule has 0 unspecified atom stereocenters. The van der Waals surface area contributed by atoms with E-state index in [4.69, 9.17) is 4.84 Å². The van der Waals surface area contributed by atoms with Crippen LogP contribution in [-0.2, 0) is 9.63 Å². The molecule has 1 aliphatic heterocycles. The summed E-state index contributed by atoms with van der Waals surface area (Å²) in [7, 11) is 0. The monoisotopic (exact) mass is 220 g/mol. The van der Waals surface area contributed by atoms with Crippen molar-refractivity contribution in [3.63, 3.8) is 0 Å². The lowest BCUT2D eigenvalue weighted by molar-refractivity contribution is -0.172. The highest BCUT2D eigenvalue weighted by Gasteiger charge is 2.22. The molecular formula is C11H12N2O3. The number of hydroxylamine groups is 2. The molecule has 5 nitrogen and oxygen atoms in total. The van der Waals surface area contributed by atoms with Crippen molar-refractivity contribution in [1.29, 1.82) is 0 Å². The van der Waals surface area contributed by atoms with Gasteiger partial charge in [0.05, 0.1) is 5.56 Å². The van der Waals surface area contributed by atoms with Gasteiger partial charge in [-0.15, -0.1) is 0 Å². The van der Waals surface area contributed by atoms with Crippen LogP contribution < -0.4 is 5.32 Å². The first-order valence-electron chi connectivity index (χ1n) is 5.06. The number of hydrogen-bond acceptors (Lipinski definition) is 4. The van der Waals surface area contributed by atoms with E-state index in [9.17, 15) is 9.59 Å². The van der Waals surface area contributed by atoms with Crippen molar-refractivity contribution in [3.05, 3.63) is 35.9 Å². The Morgan fingerprint density at radius 2 is 2.06 bits per heavy atom. The van der Waals surface area contributed by atoms with Gasteiger partial charge in [0.1, 0.15) is 6.67 Å². The molecule has 1 amide bonds. The highest BCUT2D eigenvalue weighted by atomic mass is 16.7. The summed E-state index contributed by atoms with van der Waals surface area (Å²) in [5, 5.41) is 4.00. The van der Waals surface area contributed by atoms with E-state index in [1.807, 2.05) is 6.07 Å². The number of benzene rings is 1. The molecular weight excluding hydrogens is 208 g/mol. The van der Waals surface area contributed by atoms with E-state index in [0.29, 0.717) is 18.5 Å². The molecule has 84 valence electrons. The maximum Gasteiger partial charge on any atom is 0.363 e. The maximum atomic E-state index is 11.6. The van der Waals surface area contributed by atoms with E-state index >= 15 is 0 Å².